The molecular formula is C28H40N2O4. The van der Waals surface area contributed by atoms with Crippen molar-refractivity contribution in [3.8, 4) is 0 Å². The van der Waals surface area contributed by atoms with Crippen molar-refractivity contribution in [3.63, 3.8) is 0 Å². The topological polar surface area (TPSA) is 59.1 Å². The molecule has 0 unspecified atom stereocenters. The van der Waals surface area contributed by atoms with E-state index in [0.29, 0.717) is 0 Å². The van der Waals surface area contributed by atoms with E-state index in [-0.39, 0.29) is 11.6 Å². The molecule has 0 radical (unpaired) electrons. The summed E-state index contributed by atoms with van der Waals surface area (Å²) in [5.41, 5.74) is 1.05. The number of benzene rings is 1. The van der Waals surface area contributed by atoms with Crippen molar-refractivity contribution in [3.05, 3.63) is 47.5 Å². The van der Waals surface area contributed by atoms with Gasteiger partial charge < -0.3 is 9.47 Å². The summed E-state index contributed by atoms with van der Waals surface area (Å²) in [6.45, 7) is 15.9. The summed E-state index contributed by atoms with van der Waals surface area (Å²) >= 11 is 0. The second kappa shape index (κ2) is 12.0. The Labute approximate surface area is 204 Å². The number of morpholine rings is 2. The van der Waals surface area contributed by atoms with E-state index in [2.05, 4.69) is 9.80 Å². The van der Waals surface area contributed by atoms with Crippen LogP contribution >= 0.6 is 0 Å². The van der Waals surface area contributed by atoms with Crippen molar-refractivity contribution in [2.75, 3.05) is 65.7 Å². The molecule has 2 fully saturated rings. The molecule has 6 heteroatoms. The van der Waals surface area contributed by atoms with Crippen molar-refractivity contribution < 1.29 is 19.1 Å². The van der Waals surface area contributed by atoms with E-state index < -0.39 is 10.8 Å². The minimum Gasteiger partial charge on any atom is -0.379 e. The van der Waals surface area contributed by atoms with Gasteiger partial charge >= 0.3 is 0 Å². The fraction of sp³-hybridized carbons (Fsp3) is 0.571. The molecule has 2 saturated heterocycles. The Bertz CT molecular complexity index is 801. The number of hydrogen-bond acceptors (Lipinski definition) is 6. The van der Waals surface area contributed by atoms with Crippen LogP contribution in [0.2, 0.25) is 0 Å². The van der Waals surface area contributed by atoms with Crippen molar-refractivity contribution in [1.29, 1.82) is 0 Å². The molecule has 1 aromatic rings. The van der Waals surface area contributed by atoms with Crippen LogP contribution in [-0.2, 0) is 19.1 Å². The van der Waals surface area contributed by atoms with Gasteiger partial charge in [0.05, 0.1) is 26.4 Å². The Hall–Kier alpha value is -2.12. The van der Waals surface area contributed by atoms with Gasteiger partial charge in [0.25, 0.3) is 0 Å². The van der Waals surface area contributed by atoms with Gasteiger partial charge in [-0.3, -0.25) is 19.4 Å². The zero-order valence-corrected chi connectivity index (χ0v) is 21.2. The molecule has 0 aliphatic carbocycles. The molecule has 2 heterocycles. The fourth-order valence-corrected chi connectivity index (χ4v) is 4.31. The van der Waals surface area contributed by atoms with Gasteiger partial charge in [-0.1, -0.05) is 64.1 Å². The van der Waals surface area contributed by atoms with Gasteiger partial charge in [0, 0.05) is 50.1 Å². The van der Waals surface area contributed by atoms with Gasteiger partial charge in [0.1, 0.15) is 0 Å². The summed E-state index contributed by atoms with van der Waals surface area (Å²) in [7, 11) is 0. The number of carbonyl (C=O) groups excluding carboxylic acids is 2. The van der Waals surface area contributed by atoms with Crippen LogP contribution in [0.5, 0.6) is 0 Å². The second-order valence-electron chi connectivity index (χ2n) is 10.6. The summed E-state index contributed by atoms with van der Waals surface area (Å²) in [6, 6.07) is 7.90. The molecule has 0 amide bonds. The molecule has 0 bridgehead atoms. The van der Waals surface area contributed by atoms with Crippen molar-refractivity contribution in [2.24, 2.45) is 10.8 Å². The lowest BCUT2D eigenvalue weighted by Crippen LogP contribution is -2.44. The highest BCUT2D eigenvalue weighted by atomic mass is 16.5. The van der Waals surface area contributed by atoms with Crippen molar-refractivity contribution in [2.45, 2.75) is 27.7 Å². The predicted molar refractivity (Wildman–Crippen MR) is 137 cm³/mol. The zero-order chi connectivity index (χ0) is 24.6. The number of ether oxygens (including phenoxy) is 2. The zero-order valence-electron chi connectivity index (χ0n) is 21.2. The van der Waals surface area contributed by atoms with Crippen molar-refractivity contribution in [1.82, 2.24) is 9.80 Å². The summed E-state index contributed by atoms with van der Waals surface area (Å²) < 4.78 is 10.8. The normalized spacial score (nSPS) is 19.2. The third-order valence-corrected chi connectivity index (χ3v) is 6.57. The molecule has 2 aliphatic rings. The summed E-state index contributed by atoms with van der Waals surface area (Å²) in [5.74, 6) is 0.243. The van der Waals surface area contributed by atoms with Crippen LogP contribution in [-0.4, -0.2) is 87.1 Å². The SMILES string of the molecule is CC(C)(CN1CCOCC1)C(=O)/C=C/c1ccc(/C=C/C(=O)C(C)(C)CN2CCOCC2)cc1. The molecule has 186 valence electrons. The van der Waals surface area contributed by atoms with Gasteiger partial charge in [-0.05, 0) is 23.3 Å². The van der Waals surface area contributed by atoms with Gasteiger partial charge in [-0.2, -0.15) is 0 Å². The van der Waals surface area contributed by atoms with Crippen LogP contribution in [0.4, 0.5) is 0 Å². The molecule has 0 atom stereocenters. The standard InChI is InChI=1S/C28H40N2O4/c1-27(2,21-29-13-17-33-18-14-29)25(31)11-9-23-5-7-24(8-6-23)10-12-26(32)28(3,4)22-30-15-19-34-20-16-30/h5-12H,13-22H2,1-4H3/b11-9+,12-10+. The maximum absolute atomic E-state index is 12.8. The molecule has 0 saturated carbocycles. The van der Waals surface area contributed by atoms with E-state index in [1.807, 2.05) is 64.1 Å². The largest absolute Gasteiger partial charge is 0.379 e. The summed E-state index contributed by atoms with van der Waals surface area (Å²) in [5, 5.41) is 0. The minimum absolute atomic E-state index is 0.121. The molecule has 3 rings (SSSR count). The summed E-state index contributed by atoms with van der Waals surface area (Å²) in [4.78, 5) is 30.2. The Morgan fingerprint density at radius 2 is 1.03 bits per heavy atom. The van der Waals surface area contributed by atoms with Crippen molar-refractivity contribution >= 4 is 23.7 Å². The number of rotatable bonds is 10. The quantitative estimate of drug-likeness (QED) is 0.490. The maximum Gasteiger partial charge on any atom is 0.162 e. The molecule has 34 heavy (non-hydrogen) atoms. The maximum atomic E-state index is 12.8. The molecule has 1 aromatic carbocycles. The van der Waals surface area contributed by atoms with Gasteiger partial charge in [-0.15, -0.1) is 0 Å². The van der Waals surface area contributed by atoms with E-state index in [0.717, 1.165) is 76.8 Å². The lowest BCUT2D eigenvalue weighted by Gasteiger charge is -2.33. The smallest absolute Gasteiger partial charge is 0.162 e. The monoisotopic (exact) mass is 468 g/mol. The average molecular weight is 469 g/mol. The molecule has 6 nitrogen and oxygen atoms in total. The van der Waals surface area contributed by atoms with E-state index in [9.17, 15) is 9.59 Å². The molecule has 0 aromatic heterocycles. The van der Waals surface area contributed by atoms with Crippen LogP contribution in [0, 0.1) is 10.8 Å². The Balaban J connectivity index is 1.52. The Morgan fingerprint density at radius 1 is 0.706 bits per heavy atom. The Morgan fingerprint density at radius 3 is 1.35 bits per heavy atom. The highest BCUT2D eigenvalue weighted by Gasteiger charge is 2.30. The van der Waals surface area contributed by atoms with Crippen LogP contribution in [0.1, 0.15) is 38.8 Å². The predicted octanol–water partition coefficient (Wildman–Crippen LogP) is 3.57. The number of allylic oxidation sites excluding steroid dienone is 2. The van der Waals surface area contributed by atoms with E-state index in [4.69, 9.17) is 9.47 Å². The first kappa shape index (κ1) is 26.5. The first-order valence-electron chi connectivity index (χ1n) is 12.3. The van der Waals surface area contributed by atoms with Crippen LogP contribution < -0.4 is 0 Å². The van der Waals surface area contributed by atoms with Crippen LogP contribution in [0.25, 0.3) is 12.2 Å². The van der Waals surface area contributed by atoms with Crippen LogP contribution in [0.15, 0.2) is 36.4 Å². The highest BCUT2D eigenvalue weighted by molar-refractivity contribution is 5.98. The fourth-order valence-electron chi connectivity index (χ4n) is 4.31. The summed E-state index contributed by atoms with van der Waals surface area (Å²) in [6.07, 6.45) is 7.10. The lowest BCUT2D eigenvalue weighted by molar-refractivity contribution is -0.124. The third-order valence-electron chi connectivity index (χ3n) is 6.57. The van der Waals surface area contributed by atoms with Gasteiger partial charge in [0.15, 0.2) is 11.6 Å². The third kappa shape index (κ3) is 7.98. The average Bonchev–Trinajstić information content (AvgIpc) is 2.82. The van der Waals surface area contributed by atoms with E-state index >= 15 is 0 Å². The number of hydrogen-bond donors (Lipinski definition) is 0. The first-order valence-corrected chi connectivity index (χ1v) is 12.3. The molecular weight excluding hydrogens is 428 g/mol. The molecule has 2 aliphatic heterocycles. The number of carbonyl (C=O) groups is 2. The Kier molecular flexibility index (Phi) is 9.37. The van der Waals surface area contributed by atoms with Gasteiger partial charge in [-0.25, -0.2) is 0 Å². The highest BCUT2D eigenvalue weighted by Crippen LogP contribution is 2.22. The number of nitrogens with zero attached hydrogens (tertiary/aromatic N) is 2. The first-order chi connectivity index (χ1) is 16.2. The second-order valence-corrected chi connectivity index (χ2v) is 10.6. The van der Waals surface area contributed by atoms with E-state index in [1.165, 1.54) is 0 Å². The number of ketones is 2. The van der Waals surface area contributed by atoms with Gasteiger partial charge in [0.2, 0.25) is 0 Å². The molecule has 0 N–H and O–H groups in total. The lowest BCUT2D eigenvalue weighted by atomic mass is 9.86. The minimum atomic E-state index is -0.440. The van der Waals surface area contributed by atoms with Crippen LogP contribution in [0.3, 0.4) is 0 Å². The van der Waals surface area contributed by atoms with E-state index in [1.54, 1.807) is 12.2 Å². The molecule has 0 spiro atoms.